The molecule has 1 aromatic carbocycles. The highest BCUT2D eigenvalue weighted by molar-refractivity contribution is 6.06. The minimum absolute atomic E-state index is 0.159. The van der Waals surface area contributed by atoms with Gasteiger partial charge in [-0.2, -0.15) is 0 Å². The number of rotatable bonds is 5. The fourth-order valence-corrected chi connectivity index (χ4v) is 3.52. The van der Waals surface area contributed by atoms with Gasteiger partial charge in [0.05, 0.1) is 12.2 Å². The van der Waals surface area contributed by atoms with E-state index in [1.54, 1.807) is 0 Å². The highest BCUT2D eigenvalue weighted by Crippen LogP contribution is 2.17. The lowest BCUT2D eigenvalue weighted by Gasteiger charge is -2.34. The second-order valence-corrected chi connectivity index (χ2v) is 6.72. The lowest BCUT2D eigenvalue weighted by Crippen LogP contribution is -2.45. The van der Waals surface area contributed by atoms with Crippen molar-refractivity contribution >= 4 is 16.8 Å². The van der Waals surface area contributed by atoms with E-state index in [4.69, 9.17) is 0 Å². The summed E-state index contributed by atoms with van der Waals surface area (Å²) in [5.74, 6) is -0.237. The van der Waals surface area contributed by atoms with Gasteiger partial charge in [-0.3, -0.25) is 14.5 Å². The van der Waals surface area contributed by atoms with Crippen LogP contribution in [0.1, 0.15) is 35.2 Å². The molecule has 0 radical (unpaired) electrons. The second kappa shape index (κ2) is 7.80. The van der Waals surface area contributed by atoms with E-state index >= 15 is 0 Å². The number of hydrogen-bond donors (Lipinski definition) is 3. The van der Waals surface area contributed by atoms with Crippen molar-refractivity contribution in [1.82, 2.24) is 15.2 Å². The summed E-state index contributed by atoms with van der Waals surface area (Å²) in [7, 11) is 0. The minimum atomic E-state index is -0.280. The van der Waals surface area contributed by atoms with Crippen LogP contribution < -0.4 is 10.9 Å². The molecule has 2 heterocycles. The number of aliphatic hydroxyl groups excluding tert-OH is 1. The number of aliphatic hydroxyl groups is 1. The van der Waals surface area contributed by atoms with Crippen LogP contribution in [0.15, 0.2) is 29.1 Å². The van der Waals surface area contributed by atoms with Gasteiger partial charge in [-0.15, -0.1) is 0 Å². The Balaban J connectivity index is 1.70. The largest absolute Gasteiger partial charge is 0.395 e. The molecule has 1 aromatic heterocycles. The molecule has 1 amide bonds. The summed E-state index contributed by atoms with van der Waals surface area (Å²) >= 11 is 0. The number of benzene rings is 1. The predicted molar refractivity (Wildman–Crippen MR) is 97.9 cm³/mol. The van der Waals surface area contributed by atoms with E-state index in [-0.39, 0.29) is 24.1 Å². The van der Waals surface area contributed by atoms with Crippen LogP contribution in [0.5, 0.6) is 0 Å². The van der Waals surface area contributed by atoms with Gasteiger partial charge in [0.15, 0.2) is 0 Å². The number of carbonyl (C=O) groups excluding carboxylic acids is 1. The lowest BCUT2D eigenvalue weighted by atomic mass is 10.0. The highest BCUT2D eigenvalue weighted by atomic mass is 16.3. The quantitative estimate of drug-likeness (QED) is 0.766. The number of nitrogens with one attached hydrogen (secondary N) is 2. The number of H-pyrrole nitrogens is 1. The third-order valence-corrected chi connectivity index (χ3v) is 4.89. The first-order valence-electron chi connectivity index (χ1n) is 8.85. The van der Waals surface area contributed by atoms with Crippen molar-refractivity contribution in [2.45, 2.75) is 32.2 Å². The lowest BCUT2D eigenvalue weighted by molar-refractivity contribution is 0.0850. The maximum atomic E-state index is 12.6. The number of aryl methyl sites for hydroxylation is 1. The van der Waals surface area contributed by atoms with Gasteiger partial charge in [0.2, 0.25) is 5.56 Å². The molecule has 25 heavy (non-hydrogen) atoms. The Hall–Kier alpha value is -2.18. The zero-order chi connectivity index (χ0) is 17.8. The standard InChI is InChI=1S/C19H25N3O3/c1-13-5-6-17-15(10-13)16(11-18(24)21-17)19(25)20-7-9-22-8-3-2-4-14(22)12-23/h5-6,10-11,14,23H,2-4,7-9,12H2,1H3,(H,20,25)(H,21,24). The molecular weight excluding hydrogens is 318 g/mol. The molecule has 134 valence electrons. The first-order valence-corrected chi connectivity index (χ1v) is 8.85. The van der Waals surface area contributed by atoms with Crippen LogP contribution in [0, 0.1) is 6.92 Å². The van der Waals surface area contributed by atoms with E-state index in [0.29, 0.717) is 24.2 Å². The number of piperidine rings is 1. The summed E-state index contributed by atoms with van der Waals surface area (Å²) in [5.41, 5.74) is 1.82. The Bertz CT molecular complexity index is 815. The van der Waals surface area contributed by atoms with Gasteiger partial charge in [0.25, 0.3) is 5.91 Å². The number of aromatic amines is 1. The van der Waals surface area contributed by atoms with E-state index in [1.165, 1.54) is 6.07 Å². The molecule has 1 saturated heterocycles. The van der Waals surface area contributed by atoms with Gasteiger partial charge in [-0.1, -0.05) is 18.1 Å². The smallest absolute Gasteiger partial charge is 0.252 e. The summed E-state index contributed by atoms with van der Waals surface area (Å²) in [4.78, 5) is 29.4. The number of fused-ring (bicyclic) bond motifs is 1. The number of pyridine rings is 1. The normalized spacial score (nSPS) is 18.4. The van der Waals surface area contributed by atoms with Crippen LogP contribution in [-0.4, -0.2) is 53.2 Å². The average Bonchev–Trinajstić information content (AvgIpc) is 2.61. The van der Waals surface area contributed by atoms with Crippen molar-refractivity contribution in [3.05, 3.63) is 45.7 Å². The van der Waals surface area contributed by atoms with Crippen molar-refractivity contribution in [1.29, 1.82) is 0 Å². The Morgan fingerprint density at radius 2 is 2.20 bits per heavy atom. The first kappa shape index (κ1) is 17.6. The molecule has 1 atom stereocenters. The van der Waals surface area contributed by atoms with E-state index in [1.807, 2.05) is 25.1 Å². The molecule has 0 spiro atoms. The zero-order valence-electron chi connectivity index (χ0n) is 14.5. The molecule has 0 saturated carbocycles. The van der Waals surface area contributed by atoms with Crippen LogP contribution in [0.3, 0.4) is 0 Å². The van der Waals surface area contributed by atoms with Crippen molar-refractivity contribution in [2.75, 3.05) is 26.2 Å². The van der Waals surface area contributed by atoms with Crippen molar-refractivity contribution in [3.63, 3.8) is 0 Å². The molecule has 3 N–H and O–H groups in total. The van der Waals surface area contributed by atoms with Crippen molar-refractivity contribution < 1.29 is 9.90 Å². The Labute approximate surface area is 146 Å². The topological polar surface area (TPSA) is 85.4 Å². The molecule has 1 aliphatic heterocycles. The number of aromatic nitrogens is 1. The van der Waals surface area contributed by atoms with Gasteiger partial charge in [-0.05, 0) is 38.4 Å². The summed E-state index contributed by atoms with van der Waals surface area (Å²) < 4.78 is 0. The molecular formula is C19H25N3O3. The van der Waals surface area contributed by atoms with Gasteiger partial charge in [-0.25, -0.2) is 0 Å². The average molecular weight is 343 g/mol. The summed E-state index contributed by atoms with van der Waals surface area (Å²) in [6, 6.07) is 7.18. The number of hydrogen-bond acceptors (Lipinski definition) is 4. The fourth-order valence-electron chi connectivity index (χ4n) is 3.52. The molecule has 6 nitrogen and oxygen atoms in total. The van der Waals surface area contributed by atoms with E-state index in [0.717, 1.165) is 36.8 Å². The molecule has 3 rings (SSSR count). The molecule has 2 aromatic rings. The van der Waals surface area contributed by atoms with Crippen LogP contribution in [0.2, 0.25) is 0 Å². The van der Waals surface area contributed by atoms with Crippen LogP contribution in [-0.2, 0) is 0 Å². The van der Waals surface area contributed by atoms with E-state index in [2.05, 4.69) is 15.2 Å². The van der Waals surface area contributed by atoms with Gasteiger partial charge >= 0.3 is 0 Å². The van der Waals surface area contributed by atoms with Gasteiger partial charge < -0.3 is 15.4 Å². The molecule has 6 heteroatoms. The first-order chi connectivity index (χ1) is 12.1. The third kappa shape index (κ3) is 4.08. The monoisotopic (exact) mass is 343 g/mol. The predicted octanol–water partition coefficient (Wildman–Crippen LogP) is 1.41. The Morgan fingerprint density at radius 1 is 1.36 bits per heavy atom. The maximum Gasteiger partial charge on any atom is 0.252 e. The van der Waals surface area contributed by atoms with E-state index in [9.17, 15) is 14.7 Å². The fraction of sp³-hybridized carbons (Fsp3) is 0.474. The van der Waals surface area contributed by atoms with E-state index < -0.39 is 0 Å². The number of nitrogens with zero attached hydrogens (tertiary/aromatic N) is 1. The van der Waals surface area contributed by atoms with Gasteiger partial charge in [0.1, 0.15) is 0 Å². The van der Waals surface area contributed by atoms with Crippen LogP contribution >= 0.6 is 0 Å². The second-order valence-electron chi connectivity index (χ2n) is 6.72. The minimum Gasteiger partial charge on any atom is -0.395 e. The van der Waals surface area contributed by atoms with Crippen LogP contribution in [0.25, 0.3) is 10.9 Å². The van der Waals surface area contributed by atoms with Crippen molar-refractivity contribution in [2.24, 2.45) is 0 Å². The number of likely N-dealkylation sites (tertiary alicyclic amines) is 1. The molecule has 0 aliphatic carbocycles. The number of amides is 1. The summed E-state index contributed by atoms with van der Waals surface area (Å²) in [6.07, 6.45) is 3.27. The molecule has 1 fully saturated rings. The van der Waals surface area contributed by atoms with Gasteiger partial charge in [0, 0.05) is 36.1 Å². The molecule has 1 aliphatic rings. The third-order valence-electron chi connectivity index (χ3n) is 4.89. The van der Waals surface area contributed by atoms with Crippen LogP contribution in [0.4, 0.5) is 0 Å². The zero-order valence-corrected chi connectivity index (χ0v) is 14.5. The number of carbonyl (C=O) groups is 1. The SMILES string of the molecule is Cc1ccc2[nH]c(=O)cc(C(=O)NCCN3CCCCC3CO)c2c1. The summed E-state index contributed by atoms with van der Waals surface area (Å²) in [5, 5.41) is 13.1. The maximum absolute atomic E-state index is 12.6. The molecule has 1 unspecified atom stereocenters. The Kier molecular flexibility index (Phi) is 5.50. The Morgan fingerprint density at radius 3 is 3.00 bits per heavy atom. The van der Waals surface area contributed by atoms with Crippen molar-refractivity contribution in [3.8, 4) is 0 Å². The molecule has 0 bridgehead atoms. The highest BCUT2D eigenvalue weighted by Gasteiger charge is 2.21. The summed E-state index contributed by atoms with van der Waals surface area (Å²) in [6.45, 7) is 4.27.